The molecule has 3 atom stereocenters. The molecule has 3 aliphatic carbocycles. The van der Waals surface area contributed by atoms with Crippen molar-refractivity contribution in [3.63, 3.8) is 0 Å². The number of nitrogens with zero attached hydrogens (tertiary/aromatic N) is 2. The number of nitrogens with one attached hydrogen (secondary N) is 1. The Labute approximate surface area is 136 Å². The van der Waals surface area contributed by atoms with E-state index in [9.17, 15) is 4.79 Å². The van der Waals surface area contributed by atoms with Crippen LogP contribution in [0.5, 0.6) is 6.01 Å². The Morgan fingerprint density at radius 3 is 2.52 bits per heavy atom. The summed E-state index contributed by atoms with van der Waals surface area (Å²) in [5, 5.41) is 3.27. The lowest BCUT2D eigenvalue weighted by molar-refractivity contribution is -0.126. The normalized spacial score (nSPS) is 35.2. The highest BCUT2D eigenvalue weighted by atomic mass is 16.5. The van der Waals surface area contributed by atoms with Crippen LogP contribution in [0.1, 0.15) is 38.5 Å². The maximum atomic E-state index is 12.5. The van der Waals surface area contributed by atoms with Gasteiger partial charge < -0.3 is 10.1 Å². The minimum Gasteiger partial charge on any atom is -0.460 e. The molecule has 2 bridgehead atoms. The summed E-state index contributed by atoms with van der Waals surface area (Å²) in [6, 6.07) is 2.53. The van der Waals surface area contributed by atoms with Crippen molar-refractivity contribution in [3.05, 3.63) is 30.6 Å². The molecule has 0 aromatic carbocycles. The second-order valence-corrected chi connectivity index (χ2v) is 7.02. The van der Waals surface area contributed by atoms with Crippen LogP contribution in [0, 0.1) is 17.8 Å². The second-order valence-electron chi connectivity index (χ2n) is 7.02. The molecule has 4 rings (SSSR count). The van der Waals surface area contributed by atoms with Crippen molar-refractivity contribution in [2.75, 3.05) is 0 Å². The fraction of sp³-hybridized carbons (Fsp3) is 0.611. The first-order valence-electron chi connectivity index (χ1n) is 8.70. The maximum Gasteiger partial charge on any atom is 0.316 e. The Hall–Kier alpha value is -1.91. The van der Waals surface area contributed by atoms with Crippen LogP contribution in [0.4, 0.5) is 0 Å². The van der Waals surface area contributed by atoms with Crippen molar-refractivity contribution in [1.82, 2.24) is 15.3 Å². The van der Waals surface area contributed by atoms with Gasteiger partial charge in [0.15, 0.2) is 0 Å². The van der Waals surface area contributed by atoms with Gasteiger partial charge in [0.25, 0.3) is 0 Å². The molecule has 5 nitrogen and oxygen atoms in total. The van der Waals surface area contributed by atoms with Crippen molar-refractivity contribution in [2.24, 2.45) is 17.8 Å². The third kappa shape index (κ3) is 3.23. The maximum absolute atomic E-state index is 12.5. The molecule has 1 aromatic rings. The van der Waals surface area contributed by atoms with Gasteiger partial charge in [0.05, 0.1) is 0 Å². The van der Waals surface area contributed by atoms with Gasteiger partial charge in [-0.3, -0.25) is 4.79 Å². The highest BCUT2D eigenvalue weighted by Gasteiger charge is 2.40. The molecule has 0 spiro atoms. The number of carbonyl (C=O) groups is 1. The summed E-state index contributed by atoms with van der Waals surface area (Å²) in [7, 11) is 0. The third-order valence-electron chi connectivity index (χ3n) is 5.45. The molecule has 3 unspecified atom stereocenters. The first-order valence-corrected chi connectivity index (χ1v) is 8.70. The second kappa shape index (κ2) is 6.30. The number of aromatic nitrogens is 2. The van der Waals surface area contributed by atoms with Crippen molar-refractivity contribution in [3.8, 4) is 6.01 Å². The van der Waals surface area contributed by atoms with Crippen LogP contribution in [0.15, 0.2) is 30.6 Å². The summed E-state index contributed by atoms with van der Waals surface area (Å²) in [5.74, 6) is 1.59. The number of allylic oxidation sites excluding steroid dienone is 2. The average Bonchev–Trinajstić information content (AvgIpc) is 3.21. The van der Waals surface area contributed by atoms with E-state index in [1.165, 1.54) is 6.42 Å². The van der Waals surface area contributed by atoms with Gasteiger partial charge in [0.1, 0.15) is 6.10 Å². The van der Waals surface area contributed by atoms with Gasteiger partial charge in [-0.2, -0.15) is 0 Å². The Balaban J connectivity index is 1.24. The predicted molar refractivity (Wildman–Crippen MR) is 85.7 cm³/mol. The van der Waals surface area contributed by atoms with Gasteiger partial charge in [0.2, 0.25) is 5.91 Å². The largest absolute Gasteiger partial charge is 0.460 e. The monoisotopic (exact) mass is 313 g/mol. The van der Waals surface area contributed by atoms with Crippen LogP contribution in [-0.4, -0.2) is 28.0 Å². The Kier molecular flexibility index (Phi) is 4.02. The number of hydrogen-bond acceptors (Lipinski definition) is 4. The number of rotatable bonds is 4. The first kappa shape index (κ1) is 14.7. The molecule has 0 saturated heterocycles. The Morgan fingerprint density at radius 2 is 1.87 bits per heavy atom. The number of fused-ring (bicyclic) bond motifs is 2. The van der Waals surface area contributed by atoms with Crippen LogP contribution in [0.3, 0.4) is 0 Å². The van der Waals surface area contributed by atoms with E-state index in [1.807, 2.05) is 0 Å². The zero-order valence-electron chi connectivity index (χ0n) is 13.2. The van der Waals surface area contributed by atoms with Crippen LogP contribution >= 0.6 is 0 Å². The molecular formula is C18H23N3O2. The number of hydrogen-bond donors (Lipinski definition) is 1. The van der Waals surface area contributed by atoms with Gasteiger partial charge in [-0.15, -0.1) is 0 Å². The van der Waals surface area contributed by atoms with Crippen LogP contribution in [-0.2, 0) is 4.79 Å². The topological polar surface area (TPSA) is 64.1 Å². The molecule has 1 aromatic heterocycles. The van der Waals surface area contributed by atoms with Crippen molar-refractivity contribution < 1.29 is 9.53 Å². The third-order valence-corrected chi connectivity index (χ3v) is 5.45. The van der Waals surface area contributed by atoms with E-state index in [-0.39, 0.29) is 17.9 Å². The van der Waals surface area contributed by atoms with E-state index in [0.29, 0.717) is 23.9 Å². The van der Waals surface area contributed by atoms with Gasteiger partial charge in [-0.1, -0.05) is 12.2 Å². The quantitative estimate of drug-likeness (QED) is 0.868. The summed E-state index contributed by atoms with van der Waals surface area (Å²) < 4.78 is 5.80. The molecule has 3 aliphatic rings. The summed E-state index contributed by atoms with van der Waals surface area (Å²) in [5.41, 5.74) is 0. The number of carbonyl (C=O) groups excluding carboxylic acids is 1. The smallest absolute Gasteiger partial charge is 0.316 e. The number of ether oxygens (including phenoxy) is 1. The van der Waals surface area contributed by atoms with E-state index in [4.69, 9.17) is 4.74 Å². The SMILES string of the molecule is O=C(NC1CCC(Oc2ncccn2)CC1)C1CC2C=CC1C2. The fourth-order valence-corrected chi connectivity index (χ4v) is 4.21. The molecule has 1 heterocycles. The van der Waals surface area contributed by atoms with Crippen molar-refractivity contribution in [2.45, 2.75) is 50.7 Å². The summed E-state index contributed by atoms with van der Waals surface area (Å²) in [6.07, 6.45) is 14.1. The van der Waals surface area contributed by atoms with Gasteiger partial charge in [0, 0.05) is 24.4 Å². The molecule has 122 valence electrons. The van der Waals surface area contributed by atoms with Crippen molar-refractivity contribution >= 4 is 5.91 Å². The number of amides is 1. The van der Waals surface area contributed by atoms with E-state index in [2.05, 4.69) is 27.4 Å². The van der Waals surface area contributed by atoms with Crippen LogP contribution in [0.25, 0.3) is 0 Å². The summed E-state index contributed by atoms with van der Waals surface area (Å²) in [6.45, 7) is 0. The van der Waals surface area contributed by atoms with Crippen molar-refractivity contribution in [1.29, 1.82) is 0 Å². The standard InChI is InChI=1S/C18H23N3O2/c22-17(16-11-12-2-3-13(16)10-12)21-14-4-6-15(7-5-14)23-18-19-8-1-9-20-18/h1-3,8-9,12-16H,4-7,10-11H2,(H,21,22). The Morgan fingerprint density at radius 1 is 1.09 bits per heavy atom. The molecule has 2 saturated carbocycles. The molecule has 1 N–H and O–H groups in total. The zero-order chi connectivity index (χ0) is 15.6. The highest BCUT2D eigenvalue weighted by Crippen LogP contribution is 2.43. The van der Waals surface area contributed by atoms with Gasteiger partial charge >= 0.3 is 6.01 Å². The summed E-state index contributed by atoms with van der Waals surface area (Å²) in [4.78, 5) is 20.7. The minimum absolute atomic E-state index is 0.163. The average molecular weight is 313 g/mol. The first-order chi connectivity index (χ1) is 11.3. The molecular weight excluding hydrogens is 290 g/mol. The lowest BCUT2D eigenvalue weighted by Gasteiger charge is -2.30. The highest BCUT2D eigenvalue weighted by molar-refractivity contribution is 5.80. The fourth-order valence-electron chi connectivity index (χ4n) is 4.21. The minimum atomic E-state index is 0.163. The Bertz CT molecular complexity index is 581. The van der Waals surface area contributed by atoms with Crippen LogP contribution < -0.4 is 10.1 Å². The zero-order valence-corrected chi connectivity index (χ0v) is 13.2. The lowest BCUT2D eigenvalue weighted by atomic mass is 9.90. The molecule has 1 amide bonds. The predicted octanol–water partition coefficient (Wildman–Crippen LogP) is 2.50. The molecule has 5 heteroatoms. The van der Waals surface area contributed by atoms with E-state index < -0.39 is 0 Å². The van der Waals surface area contributed by atoms with Gasteiger partial charge in [-0.25, -0.2) is 9.97 Å². The molecule has 2 fully saturated rings. The van der Waals surface area contributed by atoms with E-state index in [1.54, 1.807) is 18.5 Å². The molecule has 0 aliphatic heterocycles. The van der Waals surface area contributed by atoms with Crippen LogP contribution in [0.2, 0.25) is 0 Å². The van der Waals surface area contributed by atoms with E-state index in [0.717, 1.165) is 32.1 Å². The lowest BCUT2D eigenvalue weighted by Crippen LogP contribution is -2.43. The molecule has 23 heavy (non-hydrogen) atoms. The summed E-state index contributed by atoms with van der Waals surface area (Å²) >= 11 is 0. The molecule has 0 radical (unpaired) electrons. The van der Waals surface area contributed by atoms with Gasteiger partial charge in [-0.05, 0) is 56.4 Å². The van der Waals surface area contributed by atoms with E-state index >= 15 is 0 Å².